The third-order valence-electron chi connectivity index (χ3n) is 8.50. The van der Waals surface area contributed by atoms with Gasteiger partial charge in [-0.3, -0.25) is 0 Å². The number of hydrogen-bond acceptors (Lipinski definition) is 12. The van der Waals surface area contributed by atoms with E-state index in [9.17, 15) is 20.1 Å². The molecule has 7 rings (SSSR count). The summed E-state index contributed by atoms with van der Waals surface area (Å²) in [5.74, 6) is -1.58. The molecule has 0 saturated carbocycles. The summed E-state index contributed by atoms with van der Waals surface area (Å²) in [4.78, 5) is 17.4. The van der Waals surface area contributed by atoms with Gasteiger partial charge in [0.25, 0.3) is 0 Å². The molecule has 3 fully saturated rings. The molecule has 6 aliphatic rings. The predicted octanol–water partition coefficient (Wildman–Crippen LogP) is 0.654. The highest BCUT2D eigenvalue weighted by Crippen LogP contribution is 2.39. The van der Waals surface area contributed by atoms with E-state index in [0.717, 1.165) is 0 Å². The van der Waals surface area contributed by atoms with E-state index in [1.165, 1.54) is 12.1 Å². The smallest absolute Gasteiger partial charge is 0.338 e. The average Bonchev–Trinajstić information content (AvgIpc) is 3.13. The first-order valence-electron chi connectivity index (χ1n) is 14.4. The van der Waals surface area contributed by atoms with Crippen molar-refractivity contribution in [1.82, 2.24) is 4.73 Å². The molecule has 3 N–H and O–H groups in total. The zero-order valence-electron chi connectivity index (χ0n) is 22.8. The van der Waals surface area contributed by atoms with Crippen molar-refractivity contribution in [2.24, 2.45) is 0 Å². The minimum absolute atomic E-state index is 0.162. The number of aliphatic hydroxyl groups is 1. The number of fused-ring (bicyclic) bond motifs is 5. The van der Waals surface area contributed by atoms with Gasteiger partial charge >= 0.3 is 5.97 Å². The molecule has 13 heteroatoms. The number of rotatable bonds is 3. The number of ether oxygens (including phenoxy) is 7. The van der Waals surface area contributed by atoms with Crippen LogP contribution >= 0.6 is 0 Å². The van der Waals surface area contributed by atoms with Gasteiger partial charge < -0.3 is 53.3 Å². The first-order valence-corrected chi connectivity index (χ1v) is 14.4. The summed E-state index contributed by atoms with van der Waals surface area (Å²) < 4.78 is 44.0. The third-order valence-corrected chi connectivity index (χ3v) is 8.50. The molecule has 7 heterocycles. The predicted molar refractivity (Wildman–Crippen MR) is 140 cm³/mol. The fourth-order valence-electron chi connectivity index (χ4n) is 6.44. The largest absolute Gasteiger partial charge is 0.492 e. The maximum absolute atomic E-state index is 12.4. The van der Waals surface area contributed by atoms with Crippen molar-refractivity contribution in [3.05, 3.63) is 48.6 Å². The molecule has 1 unspecified atom stereocenters. The van der Waals surface area contributed by atoms with Crippen LogP contribution in [-0.4, -0.2) is 113 Å². The number of carbonyl (C=O) groups is 1. The van der Waals surface area contributed by atoms with Gasteiger partial charge in [0.05, 0.1) is 44.1 Å². The van der Waals surface area contributed by atoms with Crippen LogP contribution in [0.5, 0.6) is 11.8 Å². The lowest BCUT2D eigenvalue weighted by molar-refractivity contribution is -0.289. The Balaban J connectivity index is 0.987. The Morgan fingerprint density at radius 1 is 0.786 bits per heavy atom. The first kappa shape index (κ1) is 28.0. The second-order valence-electron chi connectivity index (χ2n) is 11.3. The molecule has 1 aromatic heterocycles. The summed E-state index contributed by atoms with van der Waals surface area (Å²) in [7, 11) is 0. The number of aliphatic hydroxyl groups excluding tert-OH is 1. The second-order valence-corrected chi connectivity index (χ2v) is 11.3. The zero-order valence-corrected chi connectivity index (χ0v) is 22.8. The molecule has 0 radical (unpaired) electrons. The normalized spacial score (nSPS) is 42.8. The van der Waals surface area contributed by atoms with Crippen LogP contribution in [0.3, 0.4) is 0 Å². The van der Waals surface area contributed by atoms with E-state index in [1.807, 2.05) is 36.5 Å². The maximum atomic E-state index is 12.4. The van der Waals surface area contributed by atoms with E-state index >= 15 is 0 Å². The molecule has 0 aromatic carbocycles. The Kier molecular flexibility index (Phi) is 7.84. The van der Waals surface area contributed by atoms with Gasteiger partial charge in [-0.1, -0.05) is 36.5 Å². The zero-order chi connectivity index (χ0) is 28.8. The lowest BCUT2D eigenvalue weighted by Crippen LogP contribution is -2.63. The van der Waals surface area contributed by atoms with Crippen LogP contribution in [0, 0.1) is 0 Å². The monoisotopic (exact) mass is 589 g/mol. The van der Waals surface area contributed by atoms with E-state index in [0.29, 0.717) is 30.6 Å². The van der Waals surface area contributed by atoms with Crippen LogP contribution in [0.2, 0.25) is 0 Å². The summed E-state index contributed by atoms with van der Waals surface area (Å²) in [6.07, 6.45) is 7.77. The first-order chi connectivity index (χ1) is 20.4. The quantitative estimate of drug-likeness (QED) is 0.424. The molecule has 13 nitrogen and oxygen atoms in total. The molecular formula is C29H35NO12. The minimum atomic E-state index is -0.901. The van der Waals surface area contributed by atoms with Crippen molar-refractivity contribution in [3.8, 4) is 11.8 Å². The number of aromatic nitrogens is 1. The van der Waals surface area contributed by atoms with Gasteiger partial charge in [-0.15, -0.1) is 4.73 Å². The van der Waals surface area contributed by atoms with Gasteiger partial charge in [-0.05, 0) is 12.8 Å². The Morgan fingerprint density at radius 3 is 2.36 bits per heavy atom. The van der Waals surface area contributed by atoms with Gasteiger partial charge in [0.2, 0.25) is 11.8 Å². The van der Waals surface area contributed by atoms with Crippen molar-refractivity contribution in [2.45, 2.75) is 99.1 Å². The number of hydrogen-bond donors (Lipinski definition) is 3. The summed E-state index contributed by atoms with van der Waals surface area (Å²) in [6.45, 7) is 0.598. The minimum Gasteiger partial charge on any atom is -0.492 e. The fraction of sp³-hybridized carbons (Fsp3) is 0.621. The van der Waals surface area contributed by atoms with Gasteiger partial charge in [-0.25, -0.2) is 4.79 Å². The molecule has 0 spiro atoms. The second kappa shape index (κ2) is 11.7. The molecule has 6 aliphatic heterocycles. The van der Waals surface area contributed by atoms with Gasteiger partial charge in [-0.2, -0.15) is 0 Å². The molecule has 3 saturated heterocycles. The van der Waals surface area contributed by atoms with Crippen molar-refractivity contribution >= 4 is 5.97 Å². The Hall–Kier alpha value is -2.75. The van der Waals surface area contributed by atoms with Crippen LogP contribution in [0.25, 0.3) is 0 Å². The van der Waals surface area contributed by atoms with E-state index in [2.05, 4.69) is 0 Å². The maximum Gasteiger partial charge on any atom is 0.338 e. The highest BCUT2D eigenvalue weighted by atomic mass is 16.7. The molecule has 228 valence electrons. The lowest BCUT2D eigenvalue weighted by atomic mass is 9.87. The Morgan fingerprint density at radius 2 is 1.52 bits per heavy atom. The van der Waals surface area contributed by atoms with Crippen LogP contribution in [0.1, 0.15) is 25.7 Å². The molecule has 1 aromatic rings. The highest BCUT2D eigenvalue weighted by Gasteiger charge is 2.52. The number of aromatic hydroxyl groups is 2. The molecule has 12 atom stereocenters. The summed E-state index contributed by atoms with van der Waals surface area (Å²) in [6, 6.07) is 2.39. The summed E-state index contributed by atoms with van der Waals surface area (Å²) in [5, 5.41) is 30.5. The van der Waals surface area contributed by atoms with Crippen LogP contribution in [0.4, 0.5) is 0 Å². The van der Waals surface area contributed by atoms with Crippen LogP contribution in [-0.2, 0) is 38.0 Å². The molecule has 0 bridgehead atoms. The van der Waals surface area contributed by atoms with Crippen molar-refractivity contribution in [1.29, 1.82) is 0 Å². The lowest BCUT2D eigenvalue weighted by Gasteiger charge is -2.49. The molecule has 42 heavy (non-hydrogen) atoms. The third kappa shape index (κ3) is 5.51. The topological polar surface area (TPSA) is 157 Å². The molecule has 0 aliphatic carbocycles. The van der Waals surface area contributed by atoms with E-state index < -0.39 is 60.6 Å². The van der Waals surface area contributed by atoms with Gasteiger partial charge in [0.1, 0.15) is 42.7 Å². The summed E-state index contributed by atoms with van der Waals surface area (Å²) >= 11 is 0. The Labute approximate surface area is 241 Å². The summed E-state index contributed by atoms with van der Waals surface area (Å²) in [5.41, 5.74) is 0. The average molecular weight is 590 g/mol. The van der Waals surface area contributed by atoms with Crippen molar-refractivity contribution in [2.75, 3.05) is 13.2 Å². The van der Waals surface area contributed by atoms with E-state index in [4.69, 9.17) is 38.0 Å². The molecule has 0 amide bonds. The van der Waals surface area contributed by atoms with Crippen molar-refractivity contribution in [3.63, 3.8) is 0 Å². The van der Waals surface area contributed by atoms with Crippen molar-refractivity contribution < 1.29 is 58.1 Å². The van der Waals surface area contributed by atoms with Crippen LogP contribution < -0.4 is 4.84 Å². The number of carbonyl (C=O) groups excluding carboxylic acids is 1. The fourth-order valence-corrected chi connectivity index (χ4v) is 6.44. The Bertz CT molecular complexity index is 1210. The number of nitrogens with zero attached hydrogens (tertiary/aromatic N) is 1. The highest BCUT2D eigenvalue weighted by molar-refractivity contribution is 5.70. The van der Waals surface area contributed by atoms with Gasteiger partial charge in [0, 0.05) is 18.6 Å². The van der Waals surface area contributed by atoms with E-state index in [1.54, 1.807) is 0 Å². The SMILES string of the molecule is O=C(CC1OC[C@H]2O[C@H]3C=C[C@H]4O[C@H]5[C@H](O)[C@H]6OCC=CC[C@@H]6O[C@@H]5C[C@@H]4O[C@@H]3CC=C[C@@H]2O1)On1c(O)ccc1O. The van der Waals surface area contributed by atoms with E-state index in [-0.39, 0.29) is 43.5 Å². The van der Waals surface area contributed by atoms with Crippen LogP contribution in [0.15, 0.2) is 48.6 Å². The van der Waals surface area contributed by atoms with Gasteiger partial charge in [0.15, 0.2) is 6.29 Å². The standard InChI is InChI=1S/C29H35NO12/c31-23-9-10-24(32)30(23)42-25(33)13-26-36-14-22-16(40-26)6-3-5-15-17(38-22)7-8-18-20(37-15)12-21-29(41-18)27(34)28-19(39-21)4-1-2-11-35-28/h1-3,6-10,15-22,26-29,31-32,34H,4-5,11-14H2/t15-,16+,17+,18-,19+,20+,21-,22-,26?,27-,28+,29-/m1/s1. The molecular weight excluding hydrogens is 554 g/mol.